The molecule has 4 rings (SSSR count). The van der Waals surface area contributed by atoms with Crippen LogP contribution in [0.5, 0.6) is 11.5 Å². The van der Waals surface area contributed by atoms with Crippen LogP contribution >= 0.6 is 11.8 Å². The number of hydrogen-bond acceptors (Lipinski definition) is 5. The molecule has 1 aromatic heterocycles. The summed E-state index contributed by atoms with van der Waals surface area (Å²) < 4.78 is 26.4. The van der Waals surface area contributed by atoms with Crippen LogP contribution in [0.25, 0.3) is 11.4 Å². The van der Waals surface area contributed by atoms with E-state index in [9.17, 15) is 4.39 Å². The van der Waals surface area contributed by atoms with Crippen LogP contribution in [0.3, 0.4) is 0 Å². The minimum atomic E-state index is -0.228. The summed E-state index contributed by atoms with van der Waals surface area (Å²) in [6.07, 6.45) is 0.873. The third-order valence-corrected chi connectivity index (χ3v) is 5.21. The summed E-state index contributed by atoms with van der Waals surface area (Å²) in [5, 5.41) is 9.41. The Morgan fingerprint density at radius 2 is 1.81 bits per heavy atom. The number of rotatable bonds is 4. The van der Waals surface area contributed by atoms with Crippen LogP contribution in [0.4, 0.5) is 4.39 Å². The Hall–Kier alpha value is -2.54. The molecule has 0 aliphatic carbocycles. The third-order valence-electron chi connectivity index (χ3n) is 4.12. The van der Waals surface area contributed by atoms with E-state index in [0.29, 0.717) is 19.0 Å². The standard InChI is InChI=1S/C19H18FN3O2S/c1-23-18(14-5-8-16-17(11-14)25-10-2-9-24-16)21-22-19(23)26-12-13-3-6-15(20)7-4-13/h3-8,11H,2,9-10,12H2,1H3. The maximum Gasteiger partial charge on any atom is 0.191 e. The number of hydrogen-bond donors (Lipinski definition) is 0. The fourth-order valence-corrected chi connectivity index (χ4v) is 3.59. The highest BCUT2D eigenvalue weighted by molar-refractivity contribution is 7.98. The highest BCUT2D eigenvalue weighted by atomic mass is 32.2. The van der Waals surface area contributed by atoms with Gasteiger partial charge in [-0.05, 0) is 35.9 Å². The van der Waals surface area contributed by atoms with E-state index < -0.39 is 0 Å². The molecule has 0 atom stereocenters. The minimum Gasteiger partial charge on any atom is -0.490 e. The molecule has 2 heterocycles. The van der Waals surface area contributed by atoms with Gasteiger partial charge in [0.2, 0.25) is 0 Å². The second-order valence-corrected chi connectivity index (χ2v) is 6.93. The summed E-state index contributed by atoms with van der Waals surface area (Å²) in [7, 11) is 1.94. The normalized spacial score (nSPS) is 13.5. The Balaban J connectivity index is 1.53. The van der Waals surface area contributed by atoms with Crippen LogP contribution in [-0.2, 0) is 12.8 Å². The van der Waals surface area contributed by atoms with E-state index in [4.69, 9.17) is 9.47 Å². The Morgan fingerprint density at radius 3 is 2.62 bits per heavy atom. The highest BCUT2D eigenvalue weighted by Gasteiger charge is 2.16. The summed E-state index contributed by atoms with van der Waals surface area (Å²) in [5.74, 6) is 2.74. The van der Waals surface area contributed by atoms with Gasteiger partial charge in [0.15, 0.2) is 22.5 Å². The first kappa shape index (κ1) is 16.9. The molecule has 0 saturated heterocycles. The fourth-order valence-electron chi connectivity index (χ4n) is 2.72. The zero-order valence-electron chi connectivity index (χ0n) is 14.3. The number of aromatic nitrogens is 3. The highest BCUT2D eigenvalue weighted by Crippen LogP contribution is 2.34. The van der Waals surface area contributed by atoms with Crippen LogP contribution in [-0.4, -0.2) is 28.0 Å². The Morgan fingerprint density at radius 1 is 1.04 bits per heavy atom. The molecule has 3 aromatic rings. The quantitative estimate of drug-likeness (QED) is 0.647. The van der Waals surface area contributed by atoms with Crippen molar-refractivity contribution in [1.82, 2.24) is 14.8 Å². The van der Waals surface area contributed by atoms with E-state index >= 15 is 0 Å². The molecule has 0 radical (unpaired) electrons. The Bertz CT molecular complexity index is 912. The zero-order valence-corrected chi connectivity index (χ0v) is 15.1. The first-order valence-electron chi connectivity index (χ1n) is 8.37. The van der Waals surface area contributed by atoms with E-state index in [-0.39, 0.29) is 5.82 Å². The maximum atomic E-state index is 13.0. The molecule has 134 valence electrons. The molecule has 0 bridgehead atoms. The van der Waals surface area contributed by atoms with Gasteiger partial charge in [-0.3, -0.25) is 0 Å². The molecular weight excluding hydrogens is 353 g/mol. The summed E-state index contributed by atoms with van der Waals surface area (Å²) in [5.41, 5.74) is 1.97. The number of halogens is 1. The third kappa shape index (κ3) is 3.53. The lowest BCUT2D eigenvalue weighted by Gasteiger charge is -2.09. The van der Waals surface area contributed by atoms with Crippen LogP contribution in [0.15, 0.2) is 47.6 Å². The summed E-state index contributed by atoms with van der Waals surface area (Å²) in [4.78, 5) is 0. The number of fused-ring (bicyclic) bond motifs is 1. The Labute approximate surface area is 155 Å². The molecular formula is C19H18FN3O2S. The van der Waals surface area contributed by atoms with Gasteiger partial charge in [-0.2, -0.15) is 0 Å². The lowest BCUT2D eigenvalue weighted by atomic mass is 10.2. The molecule has 0 spiro atoms. The van der Waals surface area contributed by atoms with Crippen molar-refractivity contribution in [3.05, 3.63) is 53.8 Å². The summed E-state index contributed by atoms with van der Waals surface area (Å²) in [6.45, 7) is 1.31. The maximum absolute atomic E-state index is 13.0. The number of ether oxygens (including phenoxy) is 2. The lowest BCUT2D eigenvalue weighted by molar-refractivity contribution is 0.297. The van der Waals surface area contributed by atoms with Gasteiger partial charge in [0, 0.05) is 24.8 Å². The van der Waals surface area contributed by atoms with Gasteiger partial charge < -0.3 is 14.0 Å². The smallest absolute Gasteiger partial charge is 0.191 e. The first-order chi connectivity index (χ1) is 12.7. The van der Waals surface area contributed by atoms with Gasteiger partial charge in [0.25, 0.3) is 0 Å². The van der Waals surface area contributed by atoms with Crippen LogP contribution < -0.4 is 9.47 Å². The van der Waals surface area contributed by atoms with Crippen molar-refractivity contribution in [2.75, 3.05) is 13.2 Å². The van der Waals surface area contributed by atoms with E-state index in [1.165, 1.54) is 12.1 Å². The van der Waals surface area contributed by atoms with Crippen molar-refractivity contribution in [2.24, 2.45) is 7.05 Å². The molecule has 1 aliphatic rings. The van der Waals surface area contributed by atoms with Crippen molar-refractivity contribution >= 4 is 11.8 Å². The van der Waals surface area contributed by atoms with Gasteiger partial charge in [-0.1, -0.05) is 23.9 Å². The van der Waals surface area contributed by atoms with Crippen molar-refractivity contribution in [1.29, 1.82) is 0 Å². The predicted octanol–water partition coefficient (Wildman–Crippen LogP) is 4.07. The second kappa shape index (κ2) is 7.37. The van der Waals surface area contributed by atoms with E-state index in [1.807, 2.05) is 29.8 Å². The molecule has 5 nitrogen and oxygen atoms in total. The van der Waals surface area contributed by atoms with Crippen molar-refractivity contribution < 1.29 is 13.9 Å². The average Bonchev–Trinajstić information content (AvgIpc) is 2.87. The van der Waals surface area contributed by atoms with Crippen LogP contribution in [0, 0.1) is 5.82 Å². The molecule has 0 unspecified atom stereocenters. The zero-order chi connectivity index (χ0) is 17.9. The molecule has 0 saturated carbocycles. The topological polar surface area (TPSA) is 49.2 Å². The van der Waals surface area contributed by atoms with Crippen molar-refractivity contribution in [2.45, 2.75) is 17.3 Å². The van der Waals surface area contributed by atoms with Gasteiger partial charge in [0.05, 0.1) is 13.2 Å². The molecule has 26 heavy (non-hydrogen) atoms. The summed E-state index contributed by atoms with van der Waals surface area (Å²) in [6, 6.07) is 12.3. The van der Waals surface area contributed by atoms with Crippen molar-refractivity contribution in [3.8, 4) is 22.9 Å². The summed E-state index contributed by atoms with van der Waals surface area (Å²) >= 11 is 1.56. The van der Waals surface area contributed by atoms with Crippen molar-refractivity contribution in [3.63, 3.8) is 0 Å². The van der Waals surface area contributed by atoms with Gasteiger partial charge in [-0.25, -0.2) is 4.39 Å². The average molecular weight is 371 g/mol. The molecule has 0 fully saturated rings. The number of nitrogens with zero attached hydrogens (tertiary/aromatic N) is 3. The minimum absolute atomic E-state index is 0.228. The number of benzene rings is 2. The van der Waals surface area contributed by atoms with E-state index in [0.717, 1.165) is 40.0 Å². The molecule has 1 aliphatic heterocycles. The Kier molecular flexibility index (Phi) is 4.79. The first-order valence-corrected chi connectivity index (χ1v) is 9.36. The molecule has 7 heteroatoms. The molecule has 0 N–H and O–H groups in total. The van der Waals surface area contributed by atoms with Gasteiger partial charge >= 0.3 is 0 Å². The monoisotopic (exact) mass is 371 g/mol. The SMILES string of the molecule is Cn1c(SCc2ccc(F)cc2)nnc1-c1ccc2c(c1)OCCCO2. The largest absolute Gasteiger partial charge is 0.490 e. The van der Waals surface area contributed by atoms with Gasteiger partial charge in [0.1, 0.15) is 5.82 Å². The number of thioether (sulfide) groups is 1. The molecule has 2 aromatic carbocycles. The van der Waals surface area contributed by atoms with Crippen LogP contribution in [0.1, 0.15) is 12.0 Å². The predicted molar refractivity (Wildman–Crippen MR) is 98.0 cm³/mol. The molecule has 0 amide bonds. The van der Waals surface area contributed by atoms with E-state index in [1.54, 1.807) is 23.9 Å². The van der Waals surface area contributed by atoms with E-state index in [2.05, 4.69) is 10.2 Å². The van der Waals surface area contributed by atoms with Crippen LogP contribution in [0.2, 0.25) is 0 Å². The lowest BCUT2D eigenvalue weighted by Crippen LogP contribution is -1.97. The van der Waals surface area contributed by atoms with Gasteiger partial charge in [-0.15, -0.1) is 10.2 Å². The fraction of sp³-hybridized carbons (Fsp3) is 0.263. The second-order valence-electron chi connectivity index (χ2n) is 5.99.